The molecule has 1 rings (SSSR count). The van der Waals surface area contributed by atoms with Crippen molar-refractivity contribution in [2.75, 3.05) is 6.61 Å². The number of non-ortho nitro benzene ring substituents is 1. The van der Waals surface area contributed by atoms with Crippen molar-refractivity contribution >= 4 is 17.8 Å². The van der Waals surface area contributed by atoms with Crippen LogP contribution in [0.4, 0.5) is 10.5 Å². The molecule has 0 spiro atoms. The summed E-state index contributed by atoms with van der Waals surface area (Å²) < 4.78 is 15.6. The minimum absolute atomic E-state index is 0.0995. The zero-order valence-corrected chi connectivity index (χ0v) is 20.4. The van der Waals surface area contributed by atoms with Crippen molar-refractivity contribution in [2.24, 2.45) is 0 Å². The number of nitro groups is 1. The minimum atomic E-state index is -0.898. The first-order chi connectivity index (χ1) is 16.5. The Morgan fingerprint density at radius 3 is 2.12 bits per heavy atom. The second-order valence-electron chi connectivity index (χ2n) is 8.32. The summed E-state index contributed by atoms with van der Waals surface area (Å²) in [6.07, 6.45) is 13.2. The first kappa shape index (κ1) is 29.4. The molecule has 2 radical (unpaired) electrons. The molecular weight excluding hydrogens is 438 g/mol. The molecule has 1 aromatic rings. The van der Waals surface area contributed by atoms with Gasteiger partial charge < -0.3 is 14.2 Å². The summed E-state index contributed by atoms with van der Waals surface area (Å²) in [6, 6.07) is 5.17. The summed E-state index contributed by atoms with van der Waals surface area (Å²) in [7, 11) is 0. The number of hydrogen-bond acceptors (Lipinski definition) is 7. The lowest BCUT2D eigenvalue weighted by molar-refractivity contribution is -0.384. The van der Waals surface area contributed by atoms with Gasteiger partial charge >= 0.3 is 12.1 Å². The maximum absolute atomic E-state index is 12.2. The third-order valence-corrected chi connectivity index (χ3v) is 5.42. The first-order valence-electron chi connectivity index (χ1n) is 12.4. The highest BCUT2D eigenvalue weighted by atomic mass is 16.7. The quantitative estimate of drug-likeness (QED) is 0.0684. The van der Waals surface area contributed by atoms with Gasteiger partial charge in [-0.25, -0.2) is 4.79 Å². The van der Waals surface area contributed by atoms with E-state index in [-0.39, 0.29) is 30.4 Å². The zero-order valence-electron chi connectivity index (χ0n) is 20.4. The molecule has 0 amide bonds. The summed E-state index contributed by atoms with van der Waals surface area (Å²) in [6.45, 7) is 5.87. The molecule has 0 aromatic heterocycles. The highest BCUT2D eigenvalue weighted by molar-refractivity contribution is 5.69. The van der Waals surface area contributed by atoms with Gasteiger partial charge in [0.2, 0.25) is 0 Å². The van der Waals surface area contributed by atoms with Crippen molar-refractivity contribution < 1.29 is 28.7 Å². The van der Waals surface area contributed by atoms with E-state index in [1.165, 1.54) is 75.6 Å². The molecule has 0 heterocycles. The Hall–Kier alpha value is -2.64. The van der Waals surface area contributed by atoms with Gasteiger partial charge in [-0.1, -0.05) is 64.7 Å². The van der Waals surface area contributed by atoms with Crippen LogP contribution >= 0.6 is 0 Å². The van der Waals surface area contributed by atoms with Gasteiger partial charge in [0.15, 0.2) is 0 Å². The number of unbranched alkanes of at least 4 members (excludes halogenated alkanes) is 9. The first-order valence-corrected chi connectivity index (χ1v) is 12.4. The van der Waals surface area contributed by atoms with E-state index in [2.05, 4.69) is 13.8 Å². The van der Waals surface area contributed by atoms with E-state index in [1.807, 2.05) is 0 Å². The van der Waals surface area contributed by atoms with Gasteiger partial charge in [0.1, 0.15) is 11.9 Å². The van der Waals surface area contributed by atoms with E-state index in [1.54, 1.807) is 0 Å². The smallest absolute Gasteiger partial charge is 0.465 e. The van der Waals surface area contributed by atoms with Crippen LogP contribution in [0.25, 0.3) is 0 Å². The van der Waals surface area contributed by atoms with Crippen LogP contribution in [-0.4, -0.2) is 29.8 Å². The average molecular weight is 478 g/mol. The van der Waals surface area contributed by atoms with Crippen molar-refractivity contribution in [3.63, 3.8) is 0 Å². The number of carbonyl (C=O) groups is 2. The standard InChI is InChI=1S/C26H39NO7/c1-3-5-6-7-8-9-10-11-12-13-14-23(19-20-25(28)32-21-4-2)33-26(29)34-24-17-15-22(16-18-24)27(30)31/h4,15-18,23H,2-3,5-14,19-21H2,1H3. The van der Waals surface area contributed by atoms with Gasteiger partial charge in [-0.3, -0.25) is 14.9 Å². The van der Waals surface area contributed by atoms with E-state index >= 15 is 0 Å². The number of nitro benzene ring substituents is 1. The Kier molecular flexibility index (Phi) is 16.2. The molecule has 0 aliphatic carbocycles. The van der Waals surface area contributed by atoms with Crippen LogP contribution in [0.3, 0.4) is 0 Å². The summed E-state index contributed by atoms with van der Waals surface area (Å²) in [5.74, 6) is -0.223. The number of benzene rings is 1. The lowest BCUT2D eigenvalue weighted by atomic mass is 10.0. The molecule has 1 atom stereocenters. The van der Waals surface area contributed by atoms with Crippen LogP contribution in [0.5, 0.6) is 5.75 Å². The van der Waals surface area contributed by atoms with Crippen LogP contribution < -0.4 is 4.74 Å². The van der Waals surface area contributed by atoms with Gasteiger partial charge in [-0.05, 0) is 44.7 Å². The predicted molar refractivity (Wildman–Crippen MR) is 130 cm³/mol. The SMILES string of the molecule is [CH2][CH]COC(=O)CCC(CCCCCCCCCCCC)OC(=O)Oc1ccc([N+](=O)[O-])cc1. The summed E-state index contributed by atoms with van der Waals surface area (Å²) in [4.78, 5) is 34.3. The Labute approximate surface area is 203 Å². The fourth-order valence-electron chi connectivity index (χ4n) is 3.52. The van der Waals surface area contributed by atoms with Gasteiger partial charge in [0.25, 0.3) is 5.69 Å². The molecule has 0 saturated carbocycles. The van der Waals surface area contributed by atoms with E-state index < -0.39 is 17.2 Å². The van der Waals surface area contributed by atoms with Gasteiger partial charge in [-0.15, -0.1) is 0 Å². The number of ether oxygens (including phenoxy) is 3. The molecule has 0 aliphatic rings. The fraction of sp³-hybridized carbons (Fsp3) is 0.615. The Bertz CT molecular complexity index is 706. The van der Waals surface area contributed by atoms with Crippen LogP contribution in [0, 0.1) is 23.5 Å². The van der Waals surface area contributed by atoms with E-state index in [0.717, 1.165) is 19.3 Å². The second kappa shape index (κ2) is 18.7. The highest BCUT2D eigenvalue weighted by Crippen LogP contribution is 2.20. The van der Waals surface area contributed by atoms with Crippen LogP contribution in [0.1, 0.15) is 90.4 Å². The minimum Gasteiger partial charge on any atom is -0.465 e. The average Bonchev–Trinajstić information content (AvgIpc) is 2.82. The summed E-state index contributed by atoms with van der Waals surface area (Å²) in [5.41, 5.74) is -0.0995. The van der Waals surface area contributed by atoms with Crippen LogP contribution in [0.2, 0.25) is 0 Å². The topological polar surface area (TPSA) is 105 Å². The van der Waals surface area contributed by atoms with Gasteiger partial charge in [0.05, 0.1) is 11.5 Å². The largest absolute Gasteiger partial charge is 0.514 e. The Balaban J connectivity index is 2.42. The van der Waals surface area contributed by atoms with Crippen molar-refractivity contribution in [2.45, 2.75) is 96.5 Å². The third kappa shape index (κ3) is 14.5. The summed E-state index contributed by atoms with van der Waals surface area (Å²) >= 11 is 0. The molecule has 0 saturated heterocycles. The third-order valence-electron chi connectivity index (χ3n) is 5.42. The number of rotatable bonds is 19. The Morgan fingerprint density at radius 1 is 0.971 bits per heavy atom. The molecule has 1 unspecified atom stereocenters. The van der Waals surface area contributed by atoms with Gasteiger partial charge in [0, 0.05) is 18.6 Å². The molecule has 8 nitrogen and oxygen atoms in total. The highest BCUT2D eigenvalue weighted by Gasteiger charge is 2.18. The fourth-order valence-corrected chi connectivity index (χ4v) is 3.52. The molecule has 34 heavy (non-hydrogen) atoms. The molecule has 0 bridgehead atoms. The lowest BCUT2D eigenvalue weighted by Gasteiger charge is -2.17. The molecule has 190 valence electrons. The molecule has 0 aliphatic heterocycles. The molecule has 0 N–H and O–H groups in total. The van der Waals surface area contributed by atoms with Crippen molar-refractivity contribution in [3.8, 4) is 5.75 Å². The van der Waals surface area contributed by atoms with E-state index in [0.29, 0.717) is 12.8 Å². The zero-order chi connectivity index (χ0) is 25.0. The summed E-state index contributed by atoms with van der Waals surface area (Å²) in [5, 5.41) is 10.7. The monoisotopic (exact) mass is 477 g/mol. The second-order valence-corrected chi connectivity index (χ2v) is 8.32. The lowest BCUT2D eigenvalue weighted by Crippen LogP contribution is -2.22. The molecule has 8 heteroatoms. The predicted octanol–water partition coefficient (Wildman–Crippen LogP) is 7.15. The van der Waals surface area contributed by atoms with E-state index in [9.17, 15) is 19.7 Å². The van der Waals surface area contributed by atoms with Crippen molar-refractivity contribution in [1.29, 1.82) is 0 Å². The van der Waals surface area contributed by atoms with Crippen LogP contribution in [-0.2, 0) is 14.3 Å². The number of carbonyl (C=O) groups excluding carboxylic acids is 2. The maximum Gasteiger partial charge on any atom is 0.514 e. The molecule has 0 fully saturated rings. The van der Waals surface area contributed by atoms with E-state index in [4.69, 9.17) is 14.2 Å². The normalized spacial score (nSPS) is 11.6. The number of esters is 1. The number of hydrogen-bond donors (Lipinski definition) is 0. The van der Waals surface area contributed by atoms with Gasteiger partial charge in [-0.2, -0.15) is 0 Å². The molecular formula is C26H39NO7. The molecule has 1 aromatic carbocycles. The van der Waals surface area contributed by atoms with Crippen molar-refractivity contribution in [1.82, 2.24) is 0 Å². The maximum atomic E-state index is 12.2. The Morgan fingerprint density at radius 2 is 1.56 bits per heavy atom. The number of nitrogens with zero attached hydrogens (tertiary/aromatic N) is 1. The van der Waals surface area contributed by atoms with Crippen LogP contribution in [0.15, 0.2) is 24.3 Å². The van der Waals surface area contributed by atoms with Crippen molar-refractivity contribution in [3.05, 3.63) is 47.7 Å².